The summed E-state index contributed by atoms with van der Waals surface area (Å²) in [7, 11) is 1.97. The summed E-state index contributed by atoms with van der Waals surface area (Å²) in [5, 5.41) is -0.00463. The van der Waals surface area contributed by atoms with Crippen molar-refractivity contribution in [3.63, 3.8) is 0 Å². The van der Waals surface area contributed by atoms with Gasteiger partial charge >= 0.3 is 0 Å². The van der Waals surface area contributed by atoms with Crippen molar-refractivity contribution in [2.45, 2.75) is 11.7 Å². The predicted octanol–water partition coefficient (Wildman–Crippen LogP) is -0.0878. The van der Waals surface area contributed by atoms with E-state index in [1.165, 1.54) is 0 Å². The molecule has 0 spiro atoms. The Labute approximate surface area is 57.3 Å². The largest absolute Gasteiger partial charge is 0.306 e. The van der Waals surface area contributed by atoms with Crippen molar-refractivity contribution < 1.29 is 8.76 Å². The minimum Gasteiger partial charge on any atom is -0.306 e. The maximum absolute atomic E-state index is 10.4. The van der Waals surface area contributed by atoms with Crippen LogP contribution >= 0.6 is 0 Å². The first kappa shape index (κ1) is 7.18. The molecule has 0 aliphatic carbocycles. The van der Waals surface area contributed by atoms with E-state index in [0.717, 1.165) is 19.5 Å². The van der Waals surface area contributed by atoms with Gasteiger partial charge in [-0.15, -0.1) is 0 Å². The fraction of sp³-hybridized carbons (Fsp3) is 1.00. The highest BCUT2D eigenvalue weighted by atomic mass is 32.2. The van der Waals surface area contributed by atoms with Gasteiger partial charge in [0.15, 0.2) is 11.1 Å². The van der Waals surface area contributed by atoms with E-state index in [9.17, 15) is 4.21 Å². The third-order valence-electron chi connectivity index (χ3n) is 1.63. The monoisotopic (exact) mass is 149 g/mol. The Hall–Kier alpha value is 0.0700. The quantitative estimate of drug-likeness (QED) is 0.530. The summed E-state index contributed by atoms with van der Waals surface area (Å²) in [6.45, 7) is 1.72. The molecule has 0 aromatic heterocycles. The van der Waals surface area contributed by atoms with Gasteiger partial charge in [0.05, 0.1) is 5.25 Å². The molecule has 4 heteroatoms. The molecule has 2 atom stereocenters. The molecule has 2 unspecified atom stereocenters. The Kier molecular flexibility index (Phi) is 2.21. The third kappa shape index (κ3) is 1.74. The molecule has 9 heavy (non-hydrogen) atoms. The molecule has 0 radical (unpaired) electrons. The smallest absolute Gasteiger partial charge is 0.157 e. The van der Waals surface area contributed by atoms with Gasteiger partial charge in [-0.05, 0) is 20.0 Å². The molecule has 1 heterocycles. The van der Waals surface area contributed by atoms with E-state index in [4.69, 9.17) is 4.55 Å². The van der Waals surface area contributed by atoms with E-state index in [0.29, 0.717) is 0 Å². The van der Waals surface area contributed by atoms with Crippen LogP contribution in [0.1, 0.15) is 6.42 Å². The average molecular weight is 149 g/mol. The van der Waals surface area contributed by atoms with Gasteiger partial charge in [-0.1, -0.05) is 0 Å². The SMILES string of the molecule is CN1CCC(S(=O)O)C1. The summed E-state index contributed by atoms with van der Waals surface area (Å²) in [5.41, 5.74) is 0. The van der Waals surface area contributed by atoms with Crippen molar-refractivity contribution in [3.05, 3.63) is 0 Å². The minimum atomic E-state index is -1.60. The molecule has 3 nitrogen and oxygen atoms in total. The van der Waals surface area contributed by atoms with E-state index in [1.807, 2.05) is 7.05 Å². The summed E-state index contributed by atoms with van der Waals surface area (Å²) in [6, 6.07) is 0. The van der Waals surface area contributed by atoms with Gasteiger partial charge in [-0.25, -0.2) is 4.21 Å². The molecule has 0 aromatic rings. The fourth-order valence-electron chi connectivity index (χ4n) is 1.06. The lowest BCUT2D eigenvalue weighted by molar-refractivity contribution is 0.416. The second kappa shape index (κ2) is 2.77. The van der Waals surface area contributed by atoms with Crippen LogP contribution in [0.15, 0.2) is 0 Å². The van der Waals surface area contributed by atoms with Crippen LogP contribution in [-0.4, -0.2) is 39.0 Å². The second-order valence-corrected chi connectivity index (χ2v) is 3.67. The van der Waals surface area contributed by atoms with E-state index >= 15 is 0 Å². The van der Waals surface area contributed by atoms with Gasteiger partial charge in [0.2, 0.25) is 0 Å². The molecule has 1 aliphatic heterocycles. The van der Waals surface area contributed by atoms with Crippen LogP contribution in [0.4, 0.5) is 0 Å². The van der Waals surface area contributed by atoms with Crippen molar-refractivity contribution in [3.8, 4) is 0 Å². The lowest BCUT2D eigenvalue weighted by atomic mass is 10.4. The summed E-state index contributed by atoms with van der Waals surface area (Å²) in [5.74, 6) is 0. The fourth-order valence-corrected chi connectivity index (χ4v) is 1.75. The van der Waals surface area contributed by atoms with Gasteiger partial charge in [-0.3, -0.25) is 0 Å². The van der Waals surface area contributed by atoms with Crippen LogP contribution < -0.4 is 0 Å². The van der Waals surface area contributed by atoms with Crippen LogP contribution in [0.25, 0.3) is 0 Å². The summed E-state index contributed by atoms with van der Waals surface area (Å²) >= 11 is -1.60. The van der Waals surface area contributed by atoms with E-state index in [1.54, 1.807) is 0 Å². The zero-order chi connectivity index (χ0) is 6.85. The highest BCUT2D eigenvalue weighted by Gasteiger charge is 2.23. The molecule has 54 valence electrons. The molecule has 0 amide bonds. The number of hydrogen-bond donors (Lipinski definition) is 1. The van der Waals surface area contributed by atoms with Crippen LogP contribution in [-0.2, 0) is 11.1 Å². The normalized spacial score (nSPS) is 32.9. The van der Waals surface area contributed by atoms with Crippen molar-refractivity contribution in [2.75, 3.05) is 20.1 Å². The van der Waals surface area contributed by atoms with Gasteiger partial charge in [0.25, 0.3) is 0 Å². The third-order valence-corrected chi connectivity index (χ3v) is 2.59. The van der Waals surface area contributed by atoms with Crippen LogP contribution in [0, 0.1) is 0 Å². The predicted molar refractivity (Wildman–Crippen MR) is 36.7 cm³/mol. The summed E-state index contributed by atoms with van der Waals surface area (Å²) in [6.07, 6.45) is 0.861. The molecular formula is C5H11NO2S. The van der Waals surface area contributed by atoms with Crippen molar-refractivity contribution in [1.82, 2.24) is 4.90 Å². The Morgan fingerprint density at radius 3 is 2.67 bits per heavy atom. The van der Waals surface area contributed by atoms with Crippen molar-refractivity contribution in [2.24, 2.45) is 0 Å². The molecule has 1 N–H and O–H groups in total. The average Bonchev–Trinajstić information content (AvgIpc) is 2.14. The van der Waals surface area contributed by atoms with Crippen molar-refractivity contribution in [1.29, 1.82) is 0 Å². The Morgan fingerprint density at radius 2 is 2.44 bits per heavy atom. The first-order valence-corrected chi connectivity index (χ1v) is 4.15. The Bertz CT molecular complexity index is 128. The van der Waals surface area contributed by atoms with Crippen LogP contribution in [0.5, 0.6) is 0 Å². The lowest BCUT2D eigenvalue weighted by Gasteiger charge is -2.04. The number of nitrogens with zero attached hydrogens (tertiary/aromatic N) is 1. The van der Waals surface area contributed by atoms with Crippen LogP contribution in [0.2, 0.25) is 0 Å². The number of hydrogen-bond acceptors (Lipinski definition) is 2. The molecular weight excluding hydrogens is 138 g/mol. The van der Waals surface area contributed by atoms with E-state index in [2.05, 4.69) is 4.90 Å². The zero-order valence-corrected chi connectivity index (χ0v) is 6.23. The first-order valence-electron chi connectivity index (χ1n) is 2.98. The molecule has 0 saturated carbocycles. The van der Waals surface area contributed by atoms with E-state index < -0.39 is 11.1 Å². The number of rotatable bonds is 1. The van der Waals surface area contributed by atoms with Gasteiger partial charge in [0, 0.05) is 6.54 Å². The van der Waals surface area contributed by atoms with Crippen LogP contribution in [0.3, 0.4) is 0 Å². The number of likely N-dealkylation sites (tertiary alicyclic amines) is 1. The summed E-state index contributed by atoms with van der Waals surface area (Å²) in [4.78, 5) is 2.07. The maximum Gasteiger partial charge on any atom is 0.157 e. The second-order valence-electron chi connectivity index (χ2n) is 2.45. The zero-order valence-electron chi connectivity index (χ0n) is 5.41. The standard InChI is InChI=1S/C5H11NO2S/c1-6-3-2-5(4-6)9(7)8/h5H,2-4H2,1H3,(H,7,8). The molecule has 1 rings (SSSR count). The highest BCUT2D eigenvalue weighted by molar-refractivity contribution is 7.79. The molecule has 0 bridgehead atoms. The highest BCUT2D eigenvalue weighted by Crippen LogP contribution is 2.10. The summed E-state index contributed by atoms with van der Waals surface area (Å²) < 4.78 is 19.0. The molecule has 1 saturated heterocycles. The minimum absolute atomic E-state index is 0.00463. The molecule has 1 fully saturated rings. The first-order chi connectivity index (χ1) is 4.20. The van der Waals surface area contributed by atoms with Gasteiger partial charge in [0.1, 0.15) is 0 Å². The van der Waals surface area contributed by atoms with Gasteiger partial charge in [-0.2, -0.15) is 0 Å². The van der Waals surface area contributed by atoms with E-state index in [-0.39, 0.29) is 5.25 Å². The molecule has 0 aromatic carbocycles. The topological polar surface area (TPSA) is 40.5 Å². The molecule has 1 aliphatic rings. The lowest BCUT2D eigenvalue weighted by Crippen LogP contribution is -2.19. The van der Waals surface area contributed by atoms with Crippen molar-refractivity contribution >= 4 is 11.1 Å². The Balaban J connectivity index is 2.39. The van der Waals surface area contributed by atoms with Gasteiger partial charge < -0.3 is 9.45 Å². The maximum atomic E-state index is 10.4. The Morgan fingerprint density at radius 1 is 1.78 bits per heavy atom.